The number of nitrogens with two attached hydrogens (primary N) is 1. The molecular weight excluding hydrogens is 401 g/mol. The summed E-state index contributed by atoms with van der Waals surface area (Å²) in [7, 11) is 0. The number of fused-ring (bicyclic) bond motifs is 2. The zero-order valence-corrected chi connectivity index (χ0v) is 17.4. The van der Waals surface area contributed by atoms with Crippen molar-refractivity contribution in [3.63, 3.8) is 0 Å². The molecule has 162 valence electrons. The van der Waals surface area contributed by atoms with Crippen molar-refractivity contribution >= 4 is 34.2 Å². The Bertz CT molecular complexity index is 1190. The molecule has 0 unspecified atom stereocenters. The number of furan rings is 1. The third-order valence-corrected chi connectivity index (χ3v) is 5.81. The van der Waals surface area contributed by atoms with E-state index in [-0.39, 0.29) is 16.9 Å². The summed E-state index contributed by atoms with van der Waals surface area (Å²) in [5, 5.41) is 12.4. The molecule has 2 aromatic carbocycles. The van der Waals surface area contributed by atoms with Gasteiger partial charge in [0.25, 0.3) is 5.91 Å². The predicted molar refractivity (Wildman–Crippen MR) is 115 cm³/mol. The van der Waals surface area contributed by atoms with Crippen LogP contribution in [0.5, 0.6) is 0 Å². The van der Waals surface area contributed by atoms with Crippen molar-refractivity contribution in [3.8, 4) is 0 Å². The number of benzene rings is 2. The van der Waals surface area contributed by atoms with E-state index in [9.17, 15) is 14.7 Å². The fourth-order valence-electron chi connectivity index (χ4n) is 3.99. The Morgan fingerprint density at radius 2 is 2.03 bits per heavy atom. The summed E-state index contributed by atoms with van der Waals surface area (Å²) in [6.45, 7) is 2.90. The summed E-state index contributed by atoms with van der Waals surface area (Å²) in [6, 6.07) is 10.7. The normalized spacial score (nSPS) is 15.4. The summed E-state index contributed by atoms with van der Waals surface area (Å²) in [6.07, 6.45) is 1.79. The van der Waals surface area contributed by atoms with E-state index < -0.39 is 29.8 Å². The molecule has 4 rings (SSSR count). The smallest absolute Gasteiger partial charge is 0.256 e. The lowest BCUT2D eigenvalue weighted by Crippen LogP contribution is -2.57. The Morgan fingerprint density at radius 1 is 1.29 bits per heavy atom. The van der Waals surface area contributed by atoms with Gasteiger partial charge in [-0.15, -0.1) is 0 Å². The molecule has 1 aromatic heterocycles. The maximum atomic E-state index is 15.1. The number of primary amides is 1. The maximum absolute atomic E-state index is 15.1. The van der Waals surface area contributed by atoms with Gasteiger partial charge in [0.15, 0.2) is 5.82 Å². The van der Waals surface area contributed by atoms with Crippen molar-refractivity contribution in [3.05, 3.63) is 59.1 Å². The molecule has 0 saturated carbocycles. The quantitative estimate of drug-likeness (QED) is 0.582. The fraction of sp³-hybridized carbons (Fsp3) is 0.304. The topological polar surface area (TPSA) is 109 Å². The molecule has 1 aliphatic rings. The van der Waals surface area contributed by atoms with Crippen molar-refractivity contribution in [2.45, 2.75) is 32.2 Å². The third kappa shape index (κ3) is 3.53. The van der Waals surface area contributed by atoms with Gasteiger partial charge in [0.1, 0.15) is 16.9 Å². The minimum absolute atomic E-state index is 0.169. The molecule has 1 aliphatic heterocycles. The zero-order valence-electron chi connectivity index (χ0n) is 17.4. The largest absolute Gasteiger partial charge is 0.460 e. The highest BCUT2D eigenvalue weighted by molar-refractivity contribution is 6.09. The molecule has 0 radical (unpaired) electrons. The van der Waals surface area contributed by atoms with E-state index in [1.807, 2.05) is 29.2 Å². The number of hydrogen-bond acceptors (Lipinski definition) is 5. The van der Waals surface area contributed by atoms with Crippen molar-refractivity contribution < 1.29 is 23.5 Å². The van der Waals surface area contributed by atoms with Gasteiger partial charge in [-0.3, -0.25) is 9.59 Å². The Labute approximate surface area is 178 Å². The van der Waals surface area contributed by atoms with Gasteiger partial charge in [-0.1, -0.05) is 18.2 Å². The Balaban J connectivity index is 1.81. The lowest BCUT2D eigenvalue weighted by atomic mass is 9.99. The minimum atomic E-state index is -1.64. The van der Waals surface area contributed by atoms with Gasteiger partial charge in [0.05, 0.1) is 17.9 Å². The van der Waals surface area contributed by atoms with Crippen LogP contribution in [-0.4, -0.2) is 35.6 Å². The summed E-state index contributed by atoms with van der Waals surface area (Å²) in [4.78, 5) is 26.6. The van der Waals surface area contributed by atoms with E-state index in [0.29, 0.717) is 17.6 Å². The summed E-state index contributed by atoms with van der Waals surface area (Å²) >= 11 is 0. The second-order valence-electron chi connectivity index (χ2n) is 8.03. The molecule has 3 aromatic rings. The number of aliphatic hydroxyl groups excluding tert-OH is 1. The number of nitrogens with one attached hydrogen (secondary N) is 1. The molecule has 0 aliphatic carbocycles. The number of carbonyl (C=O) groups excluding carboxylic acids is 2. The highest BCUT2D eigenvalue weighted by Gasteiger charge is 2.34. The van der Waals surface area contributed by atoms with Crippen LogP contribution in [0, 0.1) is 12.7 Å². The summed E-state index contributed by atoms with van der Waals surface area (Å²) in [5.74, 6) is -1.69. The van der Waals surface area contributed by atoms with Crippen LogP contribution in [0.1, 0.15) is 35.0 Å². The molecule has 0 spiro atoms. The second kappa shape index (κ2) is 7.70. The molecule has 31 heavy (non-hydrogen) atoms. The first-order valence-corrected chi connectivity index (χ1v) is 10.1. The van der Waals surface area contributed by atoms with Gasteiger partial charge in [0.2, 0.25) is 5.91 Å². The van der Waals surface area contributed by atoms with Crippen molar-refractivity contribution in [2.24, 2.45) is 5.73 Å². The first-order valence-electron chi connectivity index (χ1n) is 10.1. The minimum Gasteiger partial charge on any atom is -0.460 e. The predicted octanol–water partition coefficient (Wildman–Crippen LogP) is 2.93. The number of nitrogens with zero attached hydrogens (tertiary/aromatic N) is 1. The van der Waals surface area contributed by atoms with Gasteiger partial charge < -0.3 is 25.5 Å². The highest BCUT2D eigenvalue weighted by atomic mass is 19.1. The van der Waals surface area contributed by atoms with E-state index >= 15 is 4.39 Å². The molecule has 0 fully saturated rings. The average Bonchev–Trinajstić information content (AvgIpc) is 3.07. The Morgan fingerprint density at radius 3 is 2.74 bits per heavy atom. The van der Waals surface area contributed by atoms with Crippen LogP contribution in [0.4, 0.5) is 15.8 Å². The number of aliphatic hydroxyl groups is 1. The summed E-state index contributed by atoms with van der Waals surface area (Å²) < 4.78 is 20.7. The van der Waals surface area contributed by atoms with Crippen molar-refractivity contribution in [1.82, 2.24) is 5.32 Å². The number of rotatable bonds is 5. The van der Waals surface area contributed by atoms with Crippen LogP contribution in [0.3, 0.4) is 0 Å². The van der Waals surface area contributed by atoms with Crippen LogP contribution < -0.4 is 16.0 Å². The van der Waals surface area contributed by atoms with Crippen molar-refractivity contribution in [2.75, 3.05) is 18.1 Å². The third-order valence-electron chi connectivity index (χ3n) is 5.81. The molecule has 1 atom stereocenters. The van der Waals surface area contributed by atoms with E-state index in [1.54, 1.807) is 13.0 Å². The number of aryl methyl sites for hydroxylation is 2. The molecule has 0 saturated heterocycles. The molecular formula is C23H24FN3O4. The number of amides is 2. The molecule has 7 nitrogen and oxygen atoms in total. The molecule has 8 heteroatoms. The lowest BCUT2D eigenvalue weighted by molar-refractivity contribution is -0.124. The first-order chi connectivity index (χ1) is 14.7. The summed E-state index contributed by atoms with van der Waals surface area (Å²) in [5.41, 5.74) is 6.49. The molecule has 4 N–H and O–H groups in total. The van der Waals surface area contributed by atoms with Crippen LogP contribution in [-0.2, 0) is 11.2 Å². The number of para-hydroxylation sites is 1. The van der Waals surface area contributed by atoms with E-state index in [2.05, 4.69) is 5.32 Å². The second-order valence-corrected chi connectivity index (χ2v) is 8.03. The Kier molecular flexibility index (Phi) is 5.18. The number of hydrogen-bond donors (Lipinski definition) is 3. The monoisotopic (exact) mass is 425 g/mol. The van der Waals surface area contributed by atoms with Crippen LogP contribution >= 0.6 is 0 Å². The number of carbonyl (C=O) groups is 2. The van der Waals surface area contributed by atoms with Gasteiger partial charge in [-0.25, -0.2) is 4.39 Å². The first kappa shape index (κ1) is 20.9. The van der Waals surface area contributed by atoms with Gasteiger partial charge in [-0.05, 0) is 44.4 Å². The van der Waals surface area contributed by atoms with E-state index in [0.717, 1.165) is 24.1 Å². The zero-order chi connectivity index (χ0) is 22.3. The number of halogens is 1. The number of anilines is 2. The van der Waals surface area contributed by atoms with Gasteiger partial charge in [0, 0.05) is 23.7 Å². The molecule has 2 heterocycles. The van der Waals surface area contributed by atoms with Crippen molar-refractivity contribution in [1.29, 1.82) is 0 Å². The maximum Gasteiger partial charge on any atom is 0.256 e. The fourth-order valence-corrected chi connectivity index (χ4v) is 3.99. The van der Waals surface area contributed by atoms with E-state index in [4.69, 9.17) is 10.2 Å². The molecule has 2 amide bonds. The average molecular weight is 425 g/mol. The van der Waals surface area contributed by atoms with Gasteiger partial charge >= 0.3 is 0 Å². The standard InChI is InChI=1S/C23H24FN3O4/c1-13-20(21(29)26-23(2,12-28)22(25)30)15-10-18(16(24)11-19(15)31-13)27-9-5-7-14-6-3-4-8-17(14)27/h3-4,6,8,10-11,28H,5,7,9,12H2,1-2H3,(H2,25,30)(H,26,29)/t23-/m0/s1. The lowest BCUT2D eigenvalue weighted by Gasteiger charge is -2.31. The Hall–Kier alpha value is -3.39. The SMILES string of the molecule is Cc1oc2cc(F)c(N3CCCc4ccccc43)cc2c1C(=O)N[C@@](C)(CO)C(N)=O. The van der Waals surface area contributed by atoms with Crippen LogP contribution in [0.2, 0.25) is 0 Å². The molecule has 0 bridgehead atoms. The van der Waals surface area contributed by atoms with Crippen LogP contribution in [0.15, 0.2) is 40.8 Å². The van der Waals surface area contributed by atoms with Crippen LogP contribution in [0.25, 0.3) is 11.0 Å². The van der Waals surface area contributed by atoms with E-state index in [1.165, 1.54) is 13.0 Å². The highest BCUT2D eigenvalue weighted by Crippen LogP contribution is 2.38. The van der Waals surface area contributed by atoms with Gasteiger partial charge in [-0.2, -0.15) is 0 Å².